The van der Waals surface area contributed by atoms with Crippen LogP contribution < -0.4 is 0 Å². The Bertz CT molecular complexity index is 252. The Morgan fingerprint density at radius 3 is 2.31 bits per heavy atom. The highest BCUT2D eigenvalue weighted by molar-refractivity contribution is 5.04. The second-order valence-electron chi connectivity index (χ2n) is 4.78. The Kier molecular flexibility index (Phi) is 2.53. The van der Waals surface area contributed by atoms with Crippen LogP contribution in [-0.4, -0.2) is 10.7 Å². The van der Waals surface area contributed by atoms with Crippen molar-refractivity contribution in [1.29, 1.82) is 0 Å². The highest BCUT2D eigenvalue weighted by atomic mass is 16.3. The molecule has 1 aromatic heterocycles. The summed E-state index contributed by atoms with van der Waals surface area (Å²) < 4.78 is 5.20. The standard InChI is InChI=1S/C11H18O2/c1-10(2,3)11(4,12)8-9-6-5-7-13-9/h5-7,12H,8H2,1-4H3. The lowest BCUT2D eigenvalue weighted by molar-refractivity contribution is -0.0440. The van der Waals surface area contributed by atoms with Crippen LogP contribution in [-0.2, 0) is 6.42 Å². The maximum atomic E-state index is 10.2. The summed E-state index contributed by atoms with van der Waals surface area (Å²) in [5, 5.41) is 10.2. The molecule has 2 nitrogen and oxygen atoms in total. The first-order valence-electron chi connectivity index (χ1n) is 4.58. The Morgan fingerprint density at radius 2 is 1.92 bits per heavy atom. The molecule has 0 aromatic carbocycles. The van der Waals surface area contributed by atoms with Crippen molar-refractivity contribution in [3.63, 3.8) is 0 Å². The van der Waals surface area contributed by atoms with E-state index in [1.54, 1.807) is 6.26 Å². The minimum absolute atomic E-state index is 0.139. The summed E-state index contributed by atoms with van der Waals surface area (Å²) >= 11 is 0. The molecule has 0 fully saturated rings. The van der Waals surface area contributed by atoms with Crippen molar-refractivity contribution in [2.24, 2.45) is 5.41 Å². The molecule has 1 aromatic rings. The lowest BCUT2D eigenvalue weighted by Crippen LogP contribution is -2.41. The third kappa shape index (κ3) is 2.34. The van der Waals surface area contributed by atoms with Gasteiger partial charge in [-0.1, -0.05) is 20.8 Å². The Labute approximate surface area is 79.6 Å². The highest BCUT2D eigenvalue weighted by Crippen LogP contribution is 2.32. The van der Waals surface area contributed by atoms with Crippen LogP contribution >= 0.6 is 0 Å². The average molecular weight is 182 g/mol. The predicted octanol–water partition coefficient (Wildman–Crippen LogP) is 2.62. The molecule has 0 bridgehead atoms. The number of aliphatic hydroxyl groups is 1. The first-order valence-corrected chi connectivity index (χ1v) is 4.58. The molecule has 0 amide bonds. The number of hydrogen-bond acceptors (Lipinski definition) is 2. The van der Waals surface area contributed by atoms with Crippen LogP contribution in [0.15, 0.2) is 22.8 Å². The highest BCUT2D eigenvalue weighted by Gasteiger charge is 2.35. The van der Waals surface area contributed by atoms with Crippen LogP contribution in [0.1, 0.15) is 33.5 Å². The van der Waals surface area contributed by atoms with Gasteiger partial charge in [0.05, 0.1) is 11.9 Å². The van der Waals surface area contributed by atoms with Gasteiger partial charge in [0.1, 0.15) is 5.76 Å². The Balaban J connectivity index is 2.73. The van der Waals surface area contributed by atoms with Gasteiger partial charge >= 0.3 is 0 Å². The van der Waals surface area contributed by atoms with Crippen molar-refractivity contribution in [3.8, 4) is 0 Å². The van der Waals surface area contributed by atoms with Crippen LogP contribution in [0.3, 0.4) is 0 Å². The van der Waals surface area contributed by atoms with Crippen LogP contribution in [0, 0.1) is 5.41 Å². The van der Waals surface area contributed by atoms with Gasteiger partial charge in [0.25, 0.3) is 0 Å². The summed E-state index contributed by atoms with van der Waals surface area (Å²) in [6, 6.07) is 3.73. The van der Waals surface area contributed by atoms with Crippen molar-refractivity contribution in [1.82, 2.24) is 0 Å². The maximum Gasteiger partial charge on any atom is 0.106 e. The van der Waals surface area contributed by atoms with E-state index in [0.29, 0.717) is 6.42 Å². The number of furan rings is 1. The molecule has 0 saturated carbocycles. The molecule has 74 valence electrons. The molecule has 0 saturated heterocycles. The lowest BCUT2D eigenvalue weighted by atomic mass is 9.75. The van der Waals surface area contributed by atoms with Crippen molar-refractivity contribution < 1.29 is 9.52 Å². The Hall–Kier alpha value is -0.760. The van der Waals surface area contributed by atoms with Crippen molar-refractivity contribution >= 4 is 0 Å². The molecule has 0 radical (unpaired) electrons. The normalized spacial score (nSPS) is 17.0. The molecule has 0 aliphatic carbocycles. The summed E-state index contributed by atoms with van der Waals surface area (Å²) in [4.78, 5) is 0. The third-order valence-electron chi connectivity index (χ3n) is 2.71. The van der Waals surface area contributed by atoms with E-state index in [4.69, 9.17) is 4.42 Å². The molecule has 1 N–H and O–H groups in total. The second kappa shape index (κ2) is 3.18. The number of rotatable bonds is 2. The first kappa shape index (κ1) is 10.3. The predicted molar refractivity (Wildman–Crippen MR) is 52.5 cm³/mol. The zero-order valence-electron chi connectivity index (χ0n) is 8.79. The van der Waals surface area contributed by atoms with Crippen molar-refractivity contribution in [2.75, 3.05) is 0 Å². The van der Waals surface area contributed by atoms with E-state index in [1.165, 1.54) is 0 Å². The Morgan fingerprint density at radius 1 is 1.31 bits per heavy atom. The van der Waals surface area contributed by atoms with E-state index in [0.717, 1.165) is 5.76 Å². The zero-order chi connectivity index (χ0) is 10.1. The number of hydrogen-bond donors (Lipinski definition) is 1. The minimum atomic E-state index is -0.731. The third-order valence-corrected chi connectivity index (χ3v) is 2.71. The van der Waals surface area contributed by atoms with Crippen molar-refractivity contribution in [3.05, 3.63) is 24.2 Å². The summed E-state index contributed by atoms with van der Waals surface area (Å²) in [7, 11) is 0. The van der Waals surface area contributed by atoms with E-state index in [1.807, 2.05) is 39.8 Å². The second-order valence-corrected chi connectivity index (χ2v) is 4.78. The summed E-state index contributed by atoms with van der Waals surface area (Å²) in [6.45, 7) is 7.91. The quantitative estimate of drug-likeness (QED) is 0.762. The van der Waals surface area contributed by atoms with Gasteiger partial charge in [0.15, 0.2) is 0 Å². The van der Waals surface area contributed by atoms with Gasteiger partial charge in [0.2, 0.25) is 0 Å². The molecule has 0 aliphatic heterocycles. The molecule has 13 heavy (non-hydrogen) atoms. The molecule has 1 rings (SSSR count). The fourth-order valence-corrected chi connectivity index (χ4v) is 1.02. The molecule has 0 spiro atoms. The summed E-state index contributed by atoms with van der Waals surface area (Å²) in [5.74, 6) is 0.833. The SMILES string of the molecule is CC(C)(C)C(C)(O)Cc1ccco1. The van der Waals surface area contributed by atoms with Crippen LogP contribution in [0.4, 0.5) is 0 Å². The molecule has 1 atom stereocenters. The minimum Gasteiger partial charge on any atom is -0.469 e. The fraction of sp³-hybridized carbons (Fsp3) is 0.636. The van der Waals surface area contributed by atoms with Gasteiger partial charge in [-0.25, -0.2) is 0 Å². The lowest BCUT2D eigenvalue weighted by Gasteiger charge is -2.36. The van der Waals surface area contributed by atoms with Gasteiger partial charge in [-0.2, -0.15) is 0 Å². The van der Waals surface area contributed by atoms with E-state index in [2.05, 4.69) is 0 Å². The molecule has 1 unspecified atom stereocenters. The van der Waals surface area contributed by atoms with Gasteiger partial charge in [-0.3, -0.25) is 0 Å². The largest absolute Gasteiger partial charge is 0.469 e. The monoisotopic (exact) mass is 182 g/mol. The van der Waals surface area contributed by atoms with E-state index < -0.39 is 5.60 Å². The summed E-state index contributed by atoms with van der Waals surface area (Å²) in [6.07, 6.45) is 2.19. The van der Waals surface area contributed by atoms with E-state index >= 15 is 0 Å². The zero-order valence-corrected chi connectivity index (χ0v) is 8.79. The maximum absolute atomic E-state index is 10.2. The smallest absolute Gasteiger partial charge is 0.106 e. The van der Waals surface area contributed by atoms with Gasteiger partial charge < -0.3 is 9.52 Å². The van der Waals surface area contributed by atoms with Crippen LogP contribution in [0.2, 0.25) is 0 Å². The average Bonchev–Trinajstić information content (AvgIpc) is 2.35. The fourth-order valence-electron chi connectivity index (χ4n) is 1.02. The van der Waals surface area contributed by atoms with Gasteiger partial charge in [-0.05, 0) is 24.5 Å². The van der Waals surface area contributed by atoms with E-state index in [9.17, 15) is 5.11 Å². The summed E-state index contributed by atoms with van der Waals surface area (Å²) in [5.41, 5.74) is -0.870. The van der Waals surface area contributed by atoms with Gasteiger partial charge in [0, 0.05) is 6.42 Å². The molecule has 2 heteroatoms. The van der Waals surface area contributed by atoms with Gasteiger partial charge in [-0.15, -0.1) is 0 Å². The topological polar surface area (TPSA) is 33.4 Å². The molecule has 0 aliphatic rings. The molecular formula is C11H18O2. The molecule has 1 heterocycles. The molecular weight excluding hydrogens is 164 g/mol. The van der Waals surface area contributed by atoms with Crippen molar-refractivity contribution in [2.45, 2.75) is 39.7 Å². The van der Waals surface area contributed by atoms with Crippen LogP contribution in [0.5, 0.6) is 0 Å². The first-order chi connectivity index (χ1) is 5.83. The van der Waals surface area contributed by atoms with E-state index in [-0.39, 0.29) is 5.41 Å². The van der Waals surface area contributed by atoms with Crippen LogP contribution in [0.25, 0.3) is 0 Å².